The molecule has 4 aliphatic rings. The van der Waals surface area contributed by atoms with Gasteiger partial charge < -0.3 is 9.94 Å². The molecule has 0 saturated carbocycles. The lowest BCUT2D eigenvalue weighted by Crippen LogP contribution is -2.66. The first-order chi connectivity index (χ1) is 31.9. The number of ether oxygens (including phenoxy) is 1. The highest BCUT2D eigenvalue weighted by molar-refractivity contribution is 6.04. The van der Waals surface area contributed by atoms with Gasteiger partial charge in [0.15, 0.2) is 5.60 Å². The maximum atomic E-state index is 13.4. The Morgan fingerprint density at radius 1 is 0.529 bits per heavy atom. The van der Waals surface area contributed by atoms with E-state index in [1.807, 2.05) is 32.8 Å². The van der Waals surface area contributed by atoms with E-state index in [4.69, 9.17) is 9.57 Å². The zero-order valence-corrected chi connectivity index (χ0v) is 45.9. The molecule has 4 aliphatic heterocycles. The summed E-state index contributed by atoms with van der Waals surface area (Å²) in [6.45, 7) is 26.1. The van der Waals surface area contributed by atoms with E-state index in [0.29, 0.717) is 45.1 Å². The summed E-state index contributed by atoms with van der Waals surface area (Å²) in [6, 6.07) is -0.292. The molecule has 0 aromatic heterocycles. The first-order valence-electron chi connectivity index (χ1n) is 27.7. The van der Waals surface area contributed by atoms with Gasteiger partial charge in [-0.15, -0.1) is 0 Å². The van der Waals surface area contributed by atoms with E-state index in [2.05, 4.69) is 41.5 Å². The average molecular weight is 959 g/mol. The van der Waals surface area contributed by atoms with Crippen LogP contribution in [-0.4, -0.2) is 101 Å². The highest BCUT2D eigenvalue weighted by atomic mass is 16.7. The number of hydroxylamine groups is 4. The molecule has 0 radical (unpaired) electrons. The number of piperidine rings is 2. The maximum Gasteiger partial charge on any atom is 0.339 e. The van der Waals surface area contributed by atoms with E-state index in [1.165, 1.54) is 108 Å². The van der Waals surface area contributed by atoms with Gasteiger partial charge >= 0.3 is 5.97 Å². The van der Waals surface area contributed by atoms with Gasteiger partial charge in [0, 0.05) is 58.9 Å². The second-order valence-corrected chi connectivity index (χ2v) is 24.2. The number of carbonyl (C=O) groups excluding carboxylic acids is 5. The number of amides is 4. The fraction of sp³-hybridized carbons (Fsp3) is 0.911. The van der Waals surface area contributed by atoms with Crippen LogP contribution in [-0.2, 0) is 33.5 Å². The minimum atomic E-state index is -1.14. The van der Waals surface area contributed by atoms with Crippen molar-refractivity contribution in [1.82, 2.24) is 19.9 Å². The quantitative estimate of drug-likeness (QED) is 0.0458. The normalized spacial score (nSPS) is 23.4. The van der Waals surface area contributed by atoms with Crippen LogP contribution in [0.2, 0.25) is 0 Å². The van der Waals surface area contributed by atoms with Gasteiger partial charge in [0.2, 0.25) is 23.6 Å². The molecule has 12 heteroatoms. The Morgan fingerprint density at radius 3 is 1.16 bits per heavy atom. The number of unbranched alkanes of at least 4 members (excludes halogenated alkanes) is 18. The molecule has 4 rings (SSSR count). The summed E-state index contributed by atoms with van der Waals surface area (Å²) in [5.41, 5.74) is -3.04. The van der Waals surface area contributed by atoms with Crippen LogP contribution in [0.1, 0.15) is 270 Å². The number of esters is 1. The van der Waals surface area contributed by atoms with Crippen LogP contribution in [0.3, 0.4) is 0 Å². The molecule has 0 bridgehead atoms. The van der Waals surface area contributed by atoms with Gasteiger partial charge in [-0.25, -0.2) is 4.79 Å². The van der Waals surface area contributed by atoms with E-state index in [0.717, 1.165) is 38.5 Å². The summed E-state index contributed by atoms with van der Waals surface area (Å²) in [4.78, 5) is 74.1. The van der Waals surface area contributed by atoms with Crippen molar-refractivity contribution in [3.8, 4) is 0 Å². The lowest BCUT2D eigenvalue weighted by atomic mass is 9.78. The number of likely N-dealkylation sites (tertiary alicyclic amines) is 2. The van der Waals surface area contributed by atoms with Crippen molar-refractivity contribution in [2.45, 2.75) is 310 Å². The molecule has 0 aromatic carbocycles. The number of hydrogen-bond donors (Lipinski definition) is 1. The fourth-order valence-electron chi connectivity index (χ4n) is 12.0. The molecule has 2 atom stereocenters. The monoisotopic (exact) mass is 959 g/mol. The largest absolute Gasteiger partial charge is 0.464 e. The molecular weight excluding hydrogens is 857 g/mol. The number of rotatable bonds is 28. The van der Waals surface area contributed by atoms with Crippen LogP contribution < -0.4 is 0 Å². The number of hydrogen-bond acceptors (Lipinski definition) is 10. The zero-order chi connectivity index (χ0) is 50.9. The van der Waals surface area contributed by atoms with Crippen molar-refractivity contribution >= 4 is 29.6 Å². The minimum Gasteiger partial charge on any atom is -0.464 e. The minimum absolute atomic E-state index is 0.00347. The average Bonchev–Trinajstić information content (AvgIpc) is 3.70. The summed E-state index contributed by atoms with van der Waals surface area (Å²) in [5.74, 6) is -0.745. The van der Waals surface area contributed by atoms with Gasteiger partial charge in [-0.05, 0) is 115 Å². The Morgan fingerprint density at radius 2 is 0.838 bits per heavy atom. The fourth-order valence-corrected chi connectivity index (χ4v) is 12.0. The van der Waals surface area contributed by atoms with Crippen molar-refractivity contribution in [1.29, 1.82) is 0 Å². The third-order valence-corrected chi connectivity index (χ3v) is 15.4. The summed E-state index contributed by atoms with van der Waals surface area (Å²) in [6.07, 6.45) is 30.2. The molecule has 1 N–H and O–H groups in total. The molecule has 4 fully saturated rings. The maximum absolute atomic E-state index is 13.4. The Hall–Kier alpha value is -2.41. The molecule has 2 unspecified atom stereocenters. The zero-order valence-electron chi connectivity index (χ0n) is 45.9. The number of carbonyl (C=O) groups is 5. The summed E-state index contributed by atoms with van der Waals surface area (Å²) >= 11 is 0. The van der Waals surface area contributed by atoms with Crippen LogP contribution in [0.4, 0.5) is 0 Å². The molecule has 4 amide bonds. The van der Waals surface area contributed by atoms with Crippen LogP contribution in [0.5, 0.6) is 0 Å². The first kappa shape index (κ1) is 59.9. The van der Waals surface area contributed by atoms with E-state index in [-0.39, 0.29) is 47.5 Å². The Kier molecular flexibility index (Phi) is 24.2. The van der Waals surface area contributed by atoms with Crippen LogP contribution in [0, 0.1) is 11.8 Å². The predicted molar refractivity (Wildman–Crippen MR) is 272 cm³/mol. The van der Waals surface area contributed by atoms with E-state index < -0.39 is 33.7 Å². The van der Waals surface area contributed by atoms with Crippen molar-refractivity contribution in [2.24, 2.45) is 11.8 Å². The summed E-state index contributed by atoms with van der Waals surface area (Å²) in [7, 11) is 0. The van der Waals surface area contributed by atoms with Crippen LogP contribution in [0.15, 0.2) is 0 Å². The van der Waals surface area contributed by atoms with Gasteiger partial charge in [0.25, 0.3) is 0 Å². The van der Waals surface area contributed by atoms with Gasteiger partial charge in [-0.2, -0.15) is 10.1 Å². The second kappa shape index (κ2) is 27.4. The van der Waals surface area contributed by atoms with Crippen molar-refractivity contribution in [3.63, 3.8) is 0 Å². The molecule has 394 valence electrons. The molecule has 4 heterocycles. The third kappa shape index (κ3) is 17.4. The third-order valence-electron chi connectivity index (χ3n) is 15.4. The van der Waals surface area contributed by atoms with Crippen molar-refractivity contribution in [3.05, 3.63) is 0 Å². The summed E-state index contributed by atoms with van der Waals surface area (Å²) < 4.78 is 5.22. The Labute approximate surface area is 415 Å². The van der Waals surface area contributed by atoms with Gasteiger partial charge in [0.1, 0.15) is 0 Å². The molecule has 0 aliphatic carbocycles. The highest BCUT2D eigenvalue weighted by Crippen LogP contribution is 2.45. The Balaban J connectivity index is 0.000000370. The lowest BCUT2D eigenvalue weighted by Gasteiger charge is -2.56. The predicted octanol–water partition coefficient (Wildman–Crippen LogP) is 13.1. The topological polar surface area (TPSA) is 137 Å². The first-order valence-corrected chi connectivity index (χ1v) is 27.7. The molecular formula is C56H102N4O8. The highest BCUT2D eigenvalue weighted by Gasteiger charge is 2.55. The number of imide groups is 2. The van der Waals surface area contributed by atoms with Crippen LogP contribution >= 0.6 is 0 Å². The van der Waals surface area contributed by atoms with Gasteiger partial charge in [0.05, 0.1) is 6.61 Å². The van der Waals surface area contributed by atoms with E-state index in [9.17, 15) is 29.2 Å². The molecule has 12 nitrogen and oxygen atoms in total. The van der Waals surface area contributed by atoms with Gasteiger partial charge in [-0.1, -0.05) is 142 Å². The standard InChI is InChI=1S/C31H56N2O5.C25H46N2O3/c1-9-11-12-13-14-15-16-17-18-19-20-24-21-26(34)32(27(24)35)25-22-29(3,4)33(30(5,6)23-25)38-31(7,8)28(36)37-10-2;1-6-7-8-9-10-11-12-13-14-15-16-20-17-22(28)26(23(20)29)21-18-24(2,3)27(30)25(4,5)19-21/h24-25H,9-23H2,1-8H3;20-21,30H,6-19H2,1-5H3. The Bertz CT molecular complexity index is 1560. The molecule has 4 saturated heterocycles. The van der Waals surface area contributed by atoms with E-state index in [1.54, 1.807) is 30.6 Å². The number of nitrogens with zero attached hydrogens (tertiary/aromatic N) is 4. The summed E-state index contributed by atoms with van der Waals surface area (Å²) in [5, 5.41) is 13.8. The smallest absolute Gasteiger partial charge is 0.339 e. The van der Waals surface area contributed by atoms with Gasteiger partial charge in [-0.3, -0.25) is 33.8 Å². The lowest BCUT2D eigenvalue weighted by molar-refractivity contribution is -0.328. The SMILES string of the molecule is CCCCCCCCCCCCC1CC(=O)N(C2CC(C)(C)N(O)C(C)(C)C2)C1=O.CCCCCCCCCCCCC1CC(=O)N(C2CC(C)(C)N(OC(C)(C)C(=O)OCC)C(C)(C)C2)C1=O. The van der Waals surface area contributed by atoms with Crippen LogP contribution in [0.25, 0.3) is 0 Å². The molecule has 0 aromatic rings. The second-order valence-electron chi connectivity index (χ2n) is 24.2. The van der Waals surface area contributed by atoms with Crippen molar-refractivity contribution < 1.29 is 38.8 Å². The molecule has 68 heavy (non-hydrogen) atoms. The van der Waals surface area contributed by atoms with E-state index >= 15 is 0 Å². The molecule has 0 spiro atoms. The van der Waals surface area contributed by atoms with Crippen molar-refractivity contribution in [2.75, 3.05) is 6.61 Å².